The third-order valence-corrected chi connectivity index (χ3v) is 4.07. The highest BCUT2D eigenvalue weighted by Gasteiger charge is 2.50. The quantitative estimate of drug-likeness (QED) is 0.617. The summed E-state index contributed by atoms with van der Waals surface area (Å²) in [5.74, 6) is -0.915. The Morgan fingerprint density at radius 3 is 1.95 bits per heavy atom. The van der Waals surface area contributed by atoms with Crippen LogP contribution in [0.25, 0.3) is 0 Å². The summed E-state index contributed by atoms with van der Waals surface area (Å²) in [6, 6.07) is 9.99. The molecule has 0 N–H and O–H groups in total. The summed E-state index contributed by atoms with van der Waals surface area (Å²) in [7, 11) is 0. The molecular formula is C17H23NO4. The summed E-state index contributed by atoms with van der Waals surface area (Å²) in [6.45, 7) is 5.28. The van der Waals surface area contributed by atoms with Crippen molar-refractivity contribution >= 4 is 17.6 Å². The first-order chi connectivity index (χ1) is 10.6. The molecule has 0 radical (unpaired) electrons. The molecule has 0 atom stereocenters. The predicted molar refractivity (Wildman–Crippen MR) is 83.6 cm³/mol. The van der Waals surface area contributed by atoms with Crippen LogP contribution in [0.4, 0.5) is 5.69 Å². The van der Waals surface area contributed by atoms with Gasteiger partial charge in [-0.2, -0.15) is 0 Å². The molecule has 5 nitrogen and oxygen atoms in total. The lowest BCUT2D eigenvalue weighted by atomic mass is 9.78. The lowest BCUT2D eigenvalue weighted by Gasteiger charge is -2.39. The van der Waals surface area contributed by atoms with E-state index in [1.807, 2.05) is 30.3 Å². The van der Waals surface area contributed by atoms with E-state index in [0.717, 1.165) is 5.69 Å². The molecule has 0 aromatic heterocycles. The minimum atomic E-state index is -1.16. The molecule has 0 amide bonds. The van der Waals surface area contributed by atoms with E-state index in [2.05, 4.69) is 4.90 Å². The lowest BCUT2D eigenvalue weighted by Crippen LogP contribution is -2.50. The van der Waals surface area contributed by atoms with E-state index >= 15 is 0 Å². The fraction of sp³-hybridized carbons (Fsp3) is 0.529. The van der Waals surface area contributed by atoms with Crippen LogP contribution in [-0.2, 0) is 19.1 Å². The Kier molecular flexibility index (Phi) is 5.41. The van der Waals surface area contributed by atoms with E-state index in [9.17, 15) is 9.59 Å². The molecule has 1 aromatic carbocycles. The van der Waals surface area contributed by atoms with Crippen LogP contribution in [0.3, 0.4) is 0 Å². The van der Waals surface area contributed by atoms with Gasteiger partial charge in [0.05, 0.1) is 13.2 Å². The number of ether oxygens (including phenoxy) is 2. The van der Waals surface area contributed by atoms with Gasteiger partial charge >= 0.3 is 11.9 Å². The van der Waals surface area contributed by atoms with Crippen LogP contribution in [0.5, 0.6) is 0 Å². The number of hydrogen-bond donors (Lipinski definition) is 0. The fourth-order valence-electron chi connectivity index (χ4n) is 2.82. The molecule has 2 rings (SSSR count). The molecule has 5 heteroatoms. The normalized spacial score (nSPS) is 16.9. The third-order valence-electron chi connectivity index (χ3n) is 4.07. The SMILES string of the molecule is CCOC(=O)C1(C(=O)OCC)CCN(c2ccccc2)CC1. The minimum Gasteiger partial charge on any atom is -0.465 e. The number of piperidine rings is 1. The molecule has 1 aromatic rings. The maximum absolute atomic E-state index is 12.3. The zero-order valence-electron chi connectivity index (χ0n) is 13.2. The van der Waals surface area contributed by atoms with Crippen molar-refractivity contribution in [3.8, 4) is 0 Å². The first-order valence-corrected chi connectivity index (χ1v) is 7.78. The highest BCUT2D eigenvalue weighted by Crippen LogP contribution is 2.36. The molecule has 1 saturated heterocycles. The maximum Gasteiger partial charge on any atom is 0.323 e. The smallest absolute Gasteiger partial charge is 0.323 e. The van der Waals surface area contributed by atoms with Crippen molar-refractivity contribution in [2.45, 2.75) is 26.7 Å². The van der Waals surface area contributed by atoms with Crippen molar-refractivity contribution in [3.05, 3.63) is 30.3 Å². The van der Waals surface area contributed by atoms with Gasteiger partial charge in [0.1, 0.15) is 0 Å². The Labute approximate surface area is 131 Å². The molecule has 0 spiro atoms. The molecule has 0 unspecified atom stereocenters. The average Bonchev–Trinajstić information content (AvgIpc) is 2.56. The summed E-state index contributed by atoms with van der Waals surface area (Å²) >= 11 is 0. The number of benzene rings is 1. The van der Waals surface area contributed by atoms with E-state index in [-0.39, 0.29) is 13.2 Å². The number of carbonyl (C=O) groups is 2. The number of esters is 2. The molecule has 1 aliphatic rings. The van der Waals surface area contributed by atoms with Crippen LogP contribution in [0.2, 0.25) is 0 Å². The second-order valence-corrected chi connectivity index (χ2v) is 5.35. The standard InChI is InChI=1S/C17H23NO4/c1-3-21-15(19)17(16(20)22-4-2)10-12-18(13-11-17)14-8-6-5-7-9-14/h5-9H,3-4,10-13H2,1-2H3. The van der Waals surface area contributed by atoms with Gasteiger partial charge in [0.25, 0.3) is 0 Å². The number of rotatable bonds is 5. The second kappa shape index (κ2) is 7.29. The van der Waals surface area contributed by atoms with Gasteiger partial charge in [0.2, 0.25) is 0 Å². The molecule has 0 saturated carbocycles. The number of para-hydroxylation sites is 1. The average molecular weight is 305 g/mol. The highest BCUT2D eigenvalue weighted by atomic mass is 16.6. The maximum atomic E-state index is 12.3. The van der Waals surface area contributed by atoms with Crippen molar-refractivity contribution in [2.24, 2.45) is 5.41 Å². The summed E-state index contributed by atoms with van der Waals surface area (Å²) < 4.78 is 10.3. The van der Waals surface area contributed by atoms with Gasteiger partial charge < -0.3 is 14.4 Å². The molecule has 0 bridgehead atoms. The first kappa shape index (κ1) is 16.3. The van der Waals surface area contributed by atoms with Crippen LogP contribution in [0.15, 0.2) is 30.3 Å². The lowest BCUT2D eigenvalue weighted by molar-refractivity contribution is -0.173. The van der Waals surface area contributed by atoms with Crippen molar-refractivity contribution in [2.75, 3.05) is 31.2 Å². The van der Waals surface area contributed by atoms with Crippen molar-refractivity contribution in [1.29, 1.82) is 0 Å². The highest BCUT2D eigenvalue weighted by molar-refractivity contribution is 6.00. The number of carbonyl (C=O) groups excluding carboxylic acids is 2. The molecule has 22 heavy (non-hydrogen) atoms. The zero-order chi connectivity index (χ0) is 16.0. The van der Waals surface area contributed by atoms with E-state index in [4.69, 9.17) is 9.47 Å². The van der Waals surface area contributed by atoms with Crippen molar-refractivity contribution < 1.29 is 19.1 Å². The summed E-state index contributed by atoms with van der Waals surface area (Å²) in [5, 5.41) is 0. The van der Waals surface area contributed by atoms with Crippen LogP contribution in [-0.4, -0.2) is 38.2 Å². The first-order valence-electron chi connectivity index (χ1n) is 7.78. The molecule has 1 aliphatic heterocycles. The van der Waals surface area contributed by atoms with Gasteiger partial charge in [-0.1, -0.05) is 18.2 Å². The number of hydrogen-bond acceptors (Lipinski definition) is 5. The molecular weight excluding hydrogens is 282 g/mol. The van der Waals surface area contributed by atoms with Gasteiger partial charge in [-0.15, -0.1) is 0 Å². The Balaban J connectivity index is 2.13. The van der Waals surface area contributed by atoms with Crippen molar-refractivity contribution in [3.63, 3.8) is 0 Å². The summed E-state index contributed by atoms with van der Waals surface area (Å²) in [4.78, 5) is 26.9. The van der Waals surface area contributed by atoms with Crippen LogP contribution in [0.1, 0.15) is 26.7 Å². The molecule has 0 aliphatic carbocycles. The van der Waals surface area contributed by atoms with Gasteiger partial charge in [0.15, 0.2) is 5.41 Å². The molecule has 120 valence electrons. The van der Waals surface area contributed by atoms with Crippen LogP contribution in [0, 0.1) is 5.41 Å². The van der Waals surface area contributed by atoms with Gasteiger partial charge in [-0.25, -0.2) is 0 Å². The Bertz CT molecular complexity index is 487. The monoisotopic (exact) mass is 305 g/mol. The van der Waals surface area contributed by atoms with E-state index in [0.29, 0.717) is 25.9 Å². The third kappa shape index (κ3) is 3.24. The minimum absolute atomic E-state index is 0.266. The Morgan fingerprint density at radius 2 is 1.50 bits per heavy atom. The van der Waals surface area contributed by atoms with Gasteiger partial charge in [-0.05, 0) is 38.8 Å². The summed E-state index contributed by atoms with van der Waals surface area (Å²) in [6.07, 6.45) is 0.832. The van der Waals surface area contributed by atoms with Crippen LogP contribution >= 0.6 is 0 Å². The Hall–Kier alpha value is -2.04. The fourth-order valence-corrected chi connectivity index (χ4v) is 2.82. The topological polar surface area (TPSA) is 55.8 Å². The van der Waals surface area contributed by atoms with E-state index in [1.165, 1.54) is 0 Å². The largest absolute Gasteiger partial charge is 0.465 e. The zero-order valence-corrected chi connectivity index (χ0v) is 13.2. The van der Waals surface area contributed by atoms with Gasteiger partial charge in [0, 0.05) is 18.8 Å². The second-order valence-electron chi connectivity index (χ2n) is 5.35. The summed E-state index contributed by atoms with van der Waals surface area (Å²) in [5.41, 5.74) is -0.0547. The molecule has 1 heterocycles. The van der Waals surface area contributed by atoms with Crippen molar-refractivity contribution in [1.82, 2.24) is 0 Å². The predicted octanol–water partition coefficient (Wildman–Crippen LogP) is 2.40. The van der Waals surface area contributed by atoms with E-state index < -0.39 is 17.4 Å². The number of anilines is 1. The van der Waals surface area contributed by atoms with Gasteiger partial charge in [-0.3, -0.25) is 9.59 Å². The van der Waals surface area contributed by atoms with E-state index in [1.54, 1.807) is 13.8 Å². The van der Waals surface area contributed by atoms with Crippen LogP contribution < -0.4 is 4.90 Å². The number of nitrogens with zero attached hydrogens (tertiary/aromatic N) is 1. The molecule has 1 fully saturated rings. The Morgan fingerprint density at radius 1 is 1.00 bits per heavy atom.